The molecule has 6 heteroatoms. The molecule has 1 aromatic carbocycles. The molecule has 0 amide bonds. The van der Waals surface area contributed by atoms with Gasteiger partial charge in [0.15, 0.2) is 5.82 Å². The number of aryl methyl sites for hydroxylation is 1. The maximum Gasteiger partial charge on any atom is 0.151 e. The van der Waals surface area contributed by atoms with Crippen molar-refractivity contribution in [3.63, 3.8) is 0 Å². The van der Waals surface area contributed by atoms with E-state index in [2.05, 4.69) is 31.3 Å². The summed E-state index contributed by atoms with van der Waals surface area (Å²) in [4.78, 5) is 8.72. The molecule has 3 N–H and O–H groups in total. The predicted octanol–water partition coefficient (Wildman–Crippen LogP) is 2.89. The van der Waals surface area contributed by atoms with Gasteiger partial charge in [0.1, 0.15) is 5.82 Å². The minimum absolute atomic E-state index is 0.588. The van der Waals surface area contributed by atoms with Crippen molar-refractivity contribution in [2.75, 3.05) is 5.43 Å². The zero-order valence-electron chi connectivity index (χ0n) is 8.59. The third-order valence-corrected chi connectivity index (χ3v) is 3.04. The number of nitrogen functional groups attached to an aromatic ring is 1. The molecule has 0 spiro atoms. The van der Waals surface area contributed by atoms with Crippen LogP contribution in [0.2, 0.25) is 5.02 Å². The Labute approximate surface area is 106 Å². The Balaban J connectivity index is 2.83. The van der Waals surface area contributed by atoms with E-state index in [0.717, 1.165) is 27.6 Å². The molecule has 0 saturated carbocycles. The second-order valence-electron chi connectivity index (χ2n) is 3.27. The number of nitrogens with zero attached hydrogens (tertiary/aromatic N) is 2. The summed E-state index contributed by atoms with van der Waals surface area (Å²) >= 11 is 9.40. The number of nitrogens with two attached hydrogens (primary N) is 1. The van der Waals surface area contributed by atoms with Crippen molar-refractivity contribution >= 4 is 44.3 Å². The molecule has 0 fully saturated rings. The number of hydrogen-bond acceptors (Lipinski definition) is 4. The number of halogens is 2. The van der Waals surface area contributed by atoms with Crippen molar-refractivity contribution in [2.24, 2.45) is 5.84 Å². The second kappa shape index (κ2) is 4.53. The summed E-state index contributed by atoms with van der Waals surface area (Å²) < 4.78 is 0.837. The van der Waals surface area contributed by atoms with Gasteiger partial charge in [0, 0.05) is 21.3 Å². The monoisotopic (exact) mass is 300 g/mol. The first kappa shape index (κ1) is 11.6. The third-order valence-electron chi connectivity index (χ3n) is 2.22. The first-order valence-electron chi connectivity index (χ1n) is 4.78. The summed E-state index contributed by atoms with van der Waals surface area (Å²) in [6.07, 6.45) is 0.750. The molecule has 0 bridgehead atoms. The first-order chi connectivity index (χ1) is 7.65. The number of benzene rings is 1. The molecule has 16 heavy (non-hydrogen) atoms. The molecule has 0 aliphatic rings. The molecule has 0 saturated heterocycles. The molecule has 1 aromatic heterocycles. The molecule has 4 nitrogen and oxygen atoms in total. The Hall–Kier alpha value is -0.910. The molecular formula is C10H10BrClN4. The summed E-state index contributed by atoms with van der Waals surface area (Å²) in [5, 5.41) is 1.42. The highest BCUT2D eigenvalue weighted by molar-refractivity contribution is 9.10. The standard InChI is InChI=1S/C10H10BrClN4/c1-2-8-14-9-6(10(15-8)16-13)3-5(12)4-7(9)11/h3-4H,2,13H2,1H3,(H,14,15,16). The SMILES string of the molecule is CCc1nc(NN)c2cc(Cl)cc(Br)c2n1. The average Bonchev–Trinajstić information content (AvgIpc) is 2.28. The molecule has 0 unspecified atom stereocenters. The summed E-state index contributed by atoms with van der Waals surface area (Å²) in [7, 11) is 0. The van der Waals surface area contributed by atoms with E-state index >= 15 is 0 Å². The van der Waals surface area contributed by atoms with Crippen LogP contribution in [0.3, 0.4) is 0 Å². The van der Waals surface area contributed by atoms with Gasteiger partial charge in [-0.25, -0.2) is 15.8 Å². The minimum Gasteiger partial charge on any atom is -0.308 e. The van der Waals surface area contributed by atoms with Crippen molar-refractivity contribution in [1.82, 2.24) is 9.97 Å². The number of anilines is 1. The lowest BCUT2D eigenvalue weighted by Gasteiger charge is -2.08. The third kappa shape index (κ3) is 1.98. The van der Waals surface area contributed by atoms with Crippen LogP contribution in [-0.2, 0) is 6.42 Å². The highest BCUT2D eigenvalue weighted by atomic mass is 79.9. The van der Waals surface area contributed by atoms with Crippen LogP contribution in [0.1, 0.15) is 12.7 Å². The van der Waals surface area contributed by atoms with Gasteiger partial charge in [-0.3, -0.25) is 0 Å². The minimum atomic E-state index is 0.588. The summed E-state index contributed by atoms with van der Waals surface area (Å²) in [5.74, 6) is 6.77. The molecule has 0 atom stereocenters. The van der Waals surface area contributed by atoms with Crippen LogP contribution in [0.4, 0.5) is 5.82 Å². The number of aromatic nitrogens is 2. The van der Waals surface area contributed by atoms with Crippen molar-refractivity contribution < 1.29 is 0 Å². The fourth-order valence-electron chi connectivity index (χ4n) is 1.47. The van der Waals surface area contributed by atoms with E-state index in [4.69, 9.17) is 17.4 Å². The van der Waals surface area contributed by atoms with Crippen LogP contribution in [0.25, 0.3) is 10.9 Å². The molecular weight excluding hydrogens is 291 g/mol. The summed E-state index contributed by atoms with van der Waals surface area (Å²) in [5.41, 5.74) is 3.38. The predicted molar refractivity (Wildman–Crippen MR) is 69.4 cm³/mol. The topological polar surface area (TPSA) is 63.8 Å². The van der Waals surface area contributed by atoms with E-state index in [9.17, 15) is 0 Å². The summed E-state index contributed by atoms with van der Waals surface area (Å²) in [6.45, 7) is 1.99. The number of hydrogen-bond donors (Lipinski definition) is 2. The van der Waals surface area contributed by atoms with Crippen molar-refractivity contribution in [1.29, 1.82) is 0 Å². The Morgan fingerprint density at radius 1 is 1.44 bits per heavy atom. The van der Waals surface area contributed by atoms with E-state index < -0.39 is 0 Å². The van der Waals surface area contributed by atoms with E-state index in [-0.39, 0.29) is 0 Å². The average molecular weight is 302 g/mol. The Morgan fingerprint density at radius 3 is 2.81 bits per heavy atom. The van der Waals surface area contributed by atoms with E-state index in [1.165, 1.54) is 0 Å². The first-order valence-corrected chi connectivity index (χ1v) is 5.95. The lowest BCUT2D eigenvalue weighted by Crippen LogP contribution is -2.11. The van der Waals surface area contributed by atoms with Crippen LogP contribution in [0, 0.1) is 0 Å². The lowest BCUT2D eigenvalue weighted by molar-refractivity contribution is 0.958. The number of hydrazine groups is 1. The molecule has 0 aliphatic heterocycles. The highest BCUT2D eigenvalue weighted by Gasteiger charge is 2.09. The van der Waals surface area contributed by atoms with Crippen molar-refractivity contribution in [3.8, 4) is 0 Å². The quantitative estimate of drug-likeness (QED) is 0.661. The van der Waals surface area contributed by atoms with E-state index in [1.807, 2.05) is 6.92 Å². The van der Waals surface area contributed by atoms with Gasteiger partial charge in [0.2, 0.25) is 0 Å². The molecule has 0 radical (unpaired) electrons. The number of fused-ring (bicyclic) bond motifs is 1. The zero-order chi connectivity index (χ0) is 11.7. The van der Waals surface area contributed by atoms with Gasteiger partial charge >= 0.3 is 0 Å². The molecule has 84 valence electrons. The van der Waals surface area contributed by atoms with Crippen molar-refractivity contribution in [2.45, 2.75) is 13.3 Å². The van der Waals surface area contributed by atoms with E-state index in [0.29, 0.717) is 10.8 Å². The number of rotatable bonds is 2. The number of nitrogens with one attached hydrogen (secondary N) is 1. The highest BCUT2D eigenvalue weighted by Crippen LogP contribution is 2.30. The Kier molecular flexibility index (Phi) is 3.28. The molecule has 1 heterocycles. The van der Waals surface area contributed by atoms with Gasteiger partial charge < -0.3 is 5.43 Å². The van der Waals surface area contributed by atoms with Gasteiger partial charge in [-0.2, -0.15) is 0 Å². The molecule has 2 rings (SSSR count). The smallest absolute Gasteiger partial charge is 0.151 e. The fraction of sp³-hybridized carbons (Fsp3) is 0.200. The summed E-state index contributed by atoms with van der Waals surface area (Å²) in [6, 6.07) is 3.59. The van der Waals surface area contributed by atoms with Crippen LogP contribution in [0.15, 0.2) is 16.6 Å². The Bertz CT molecular complexity index is 544. The van der Waals surface area contributed by atoms with Crippen molar-refractivity contribution in [3.05, 3.63) is 27.5 Å². The lowest BCUT2D eigenvalue weighted by atomic mass is 10.2. The van der Waals surface area contributed by atoms with Gasteiger partial charge in [0.05, 0.1) is 5.52 Å². The van der Waals surface area contributed by atoms with Gasteiger partial charge in [-0.1, -0.05) is 18.5 Å². The molecule has 0 aliphatic carbocycles. The Morgan fingerprint density at radius 2 is 2.19 bits per heavy atom. The van der Waals surface area contributed by atoms with Crippen LogP contribution >= 0.6 is 27.5 Å². The maximum atomic E-state index is 5.97. The van der Waals surface area contributed by atoms with Gasteiger partial charge in [-0.05, 0) is 28.1 Å². The van der Waals surface area contributed by atoms with Crippen LogP contribution in [0.5, 0.6) is 0 Å². The fourth-order valence-corrected chi connectivity index (χ4v) is 2.37. The van der Waals surface area contributed by atoms with Gasteiger partial charge in [0.25, 0.3) is 0 Å². The van der Waals surface area contributed by atoms with Crippen LogP contribution < -0.4 is 11.3 Å². The zero-order valence-corrected chi connectivity index (χ0v) is 10.9. The molecule has 2 aromatic rings. The normalized spacial score (nSPS) is 10.8. The maximum absolute atomic E-state index is 5.97. The van der Waals surface area contributed by atoms with Gasteiger partial charge in [-0.15, -0.1) is 0 Å². The second-order valence-corrected chi connectivity index (χ2v) is 4.56. The van der Waals surface area contributed by atoms with Crippen LogP contribution in [-0.4, -0.2) is 9.97 Å². The van der Waals surface area contributed by atoms with E-state index in [1.54, 1.807) is 12.1 Å². The largest absolute Gasteiger partial charge is 0.308 e.